The molecule has 1 fully saturated rings. The van der Waals surface area contributed by atoms with E-state index in [0.717, 1.165) is 11.1 Å². The summed E-state index contributed by atoms with van der Waals surface area (Å²) in [7, 11) is 0. The highest BCUT2D eigenvalue weighted by molar-refractivity contribution is 6.01. The van der Waals surface area contributed by atoms with Crippen LogP contribution in [0.25, 0.3) is 5.57 Å². The Balaban J connectivity index is 1.48. The molecular formula is C23H23N3O3. The van der Waals surface area contributed by atoms with Crippen LogP contribution in [0.15, 0.2) is 72.2 Å². The van der Waals surface area contributed by atoms with E-state index in [4.69, 9.17) is 4.84 Å². The normalized spacial score (nSPS) is 18.0. The molecule has 2 aliphatic rings. The molecular weight excluding hydrogens is 366 g/mol. The topological polar surface area (TPSA) is 75.0 Å². The molecule has 0 aliphatic carbocycles. The van der Waals surface area contributed by atoms with Crippen LogP contribution in [0.5, 0.6) is 0 Å². The van der Waals surface area contributed by atoms with Gasteiger partial charge in [0.2, 0.25) is 0 Å². The van der Waals surface area contributed by atoms with Crippen molar-refractivity contribution in [3.63, 3.8) is 0 Å². The maximum atomic E-state index is 13.2. The Morgan fingerprint density at radius 1 is 1.14 bits per heavy atom. The van der Waals surface area contributed by atoms with Crippen LogP contribution in [0.1, 0.15) is 34.5 Å². The molecule has 29 heavy (non-hydrogen) atoms. The lowest BCUT2D eigenvalue weighted by Gasteiger charge is -2.38. The average Bonchev–Trinajstić information content (AvgIpc) is 3.04. The molecule has 0 bridgehead atoms. The number of nitrogens with zero attached hydrogens (tertiary/aromatic N) is 3. The lowest BCUT2D eigenvalue weighted by Crippen LogP contribution is -2.47. The highest BCUT2D eigenvalue weighted by atomic mass is 16.6. The summed E-state index contributed by atoms with van der Waals surface area (Å²) in [5.74, 6) is -0.0775. The van der Waals surface area contributed by atoms with E-state index >= 15 is 0 Å². The first kappa shape index (κ1) is 19.1. The lowest BCUT2D eigenvalue weighted by molar-refractivity contribution is -0.0162. The van der Waals surface area contributed by atoms with Gasteiger partial charge >= 0.3 is 0 Å². The summed E-state index contributed by atoms with van der Waals surface area (Å²) < 4.78 is 0. The summed E-state index contributed by atoms with van der Waals surface area (Å²) in [5.41, 5.74) is 2.21. The fourth-order valence-corrected chi connectivity index (χ4v) is 3.76. The Kier molecular flexibility index (Phi) is 5.53. The van der Waals surface area contributed by atoms with Gasteiger partial charge in [0, 0.05) is 31.3 Å². The van der Waals surface area contributed by atoms with Crippen molar-refractivity contribution in [3.8, 4) is 0 Å². The maximum absolute atomic E-state index is 13.2. The first-order chi connectivity index (χ1) is 14.1. The molecule has 0 atom stereocenters. The number of carbonyl (C=O) groups excluding carboxylic acids is 1. The summed E-state index contributed by atoms with van der Waals surface area (Å²) in [4.78, 5) is 24.3. The van der Waals surface area contributed by atoms with Gasteiger partial charge in [0.25, 0.3) is 5.91 Å². The predicted molar refractivity (Wildman–Crippen MR) is 111 cm³/mol. The Morgan fingerprint density at radius 3 is 2.72 bits per heavy atom. The number of hydrogen-bond acceptors (Lipinski definition) is 5. The van der Waals surface area contributed by atoms with Crippen molar-refractivity contribution >= 4 is 17.7 Å². The monoisotopic (exact) mass is 389 g/mol. The van der Waals surface area contributed by atoms with Gasteiger partial charge in [-0.15, -0.1) is 0 Å². The van der Waals surface area contributed by atoms with Crippen LogP contribution in [-0.4, -0.2) is 45.8 Å². The Hall–Kier alpha value is -3.25. The van der Waals surface area contributed by atoms with E-state index in [-0.39, 0.29) is 5.91 Å². The zero-order chi connectivity index (χ0) is 20.1. The van der Waals surface area contributed by atoms with Crippen LogP contribution in [0.2, 0.25) is 0 Å². The Morgan fingerprint density at radius 2 is 1.93 bits per heavy atom. The molecule has 0 radical (unpaired) electrons. The number of aromatic nitrogens is 1. The third-order valence-electron chi connectivity index (χ3n) is 5.35. The number of amides is 1. The van der Waals surface area contributed by atoms with E-state index in [2.05, 4.69) is 10.1 Å². The summed E-state index contributed by atoms with van der Waals surface area (Å²) in [6.45, 7) is 1.02. The van der Waals surface area contributed by atoms with Gasteiger partial charge in [0.15, 0.2) is 0 Å². The second-order valence-corrected chi connectivity index (χ2v) is 7.36. The molecule has 1 N–H and O–H groups in total. The fourth-order valence-electron chi connectivity index (χ4n) is 3.76. The van der Waals surface area contributed by atoms with Gasteiger partial charge in [-0.2, -0.15) is 0 Å². The Labute approximate surface area is 169 Å². The van der Waals surface area contributed by atoms with Crippen molar-refractivity contribution in [2.45, 2.75) is 24.9 Å². The SMILES string of the molecule is O=C(c1cccnc1C1=CC=NOC=C1)N1CCC(O)(Cc2ccccc2)CC1. The van der Waals surface area contributed by atoms with Gasteiger partial charge in [0.05, 0.1) is 23.1 Å². The third kappa shape index (κ3) is 4.43. The van der Waals surface area contributed by atoms with E-state index < -0.39 is 5.60 Å². The van der Waals surface area contributed by atoms with Crippen molar-refractivity contribution in [3.05, 3.63) is 83.9 Å². The molecule has 6 nitrogen and oxygen atoms in total. The van der Waals surface area contributed by atoms with E-state index in [1.54, 1.807) is 35.4 Å². The largest absolute Gasteiger partial charge is 0.389 e. The minimum Gasteiger partial charge on any atom is -0.389 e. The lowest BCUT2D eigenvalue weighted by atomic mass is 9.85. The van der Waals surface area contributed by atoms with Crippen molar-refractivity contribution in [1.29, 1.82) is 0 Å². The molecule has 1 amide bonds. The number of aliphatic hydroxyl groups is 1. The second kappa shape index (κ2) is 8.41. The molecule has 1 aromatic heterocycles. The first-order valence-electron chi connectivity index (χ1n) is 9.72. The first-order valence-corrected chi connectivity index (χ1v) is 9.72. The van der Waals surface area contributed by atoms with Crippen molar-refractivity contribution in [1.82, 2.24) is 9.88 Å². The molecule has 2 aliphatic heterocycles. The number of oxime groups is 1. The summed E-state index contributed by atoms with van der Waals surface area (Å²) in [5, 5.41) is 14.7. The van der Waals surface area contributed by atoms with Crippen LogP contribution in [0, 0.1) is 0 Å². The van der Waals surface area contributed by atoms with Crippen molar-refractivity contribution in [2.24, 2.45) is 5.16 Å². The van der Waals surface area contributed by atoms with Crippen LogP contribution in [0.4, 0.5) is 0 Å². The van der Waals surface area contributed by atoms with Gasteiger partial charge < -0.3 is 14.8 Å². The molecule has 4 rings (SSSR count). The molecule has 0 spiro atoms. The quantitative estimate of drug-likeness (QED) is 0.871. The predicted octanol–water partition coefficient (Wildman–Crippen LogP) is 3.20. The smallest absolute Gasteiger partial charge is 0.256 e. The number of benzene rings is 1. The fraction of sp³-hybridized carbons (Fsp3) is 0.261. The van der Waals surface area contributed by atoms with Crippen LogP contribution >= 0.6 is 0 Å². The minimum atomic E-state index is -0.781. The van der Waals surface area contributed by atoms with Gasteiger partial charge in [-0.3, -0.25) is 9.78 Å². The highest BCUT2D eigenvalue weighted by Crippen LogP contribution is 2.28. The zero-order valence-corrected chi connectivity index (χ0v) is 16.1. The number of likely N-dealkylation sites (tertiary alicyclic amines) is 1. The molecule has 0 unspecified atom stereocenters. The highest BCUT2D eigenvalue weighted by Gasteiger charge is 2.34. The zero-order valence-electron chi connectivity index (χ0n) is 16.1. The Bertz CT molecular complexity index is 958. The number of hydrogen-bond donors (Lipinski definition) is 1. The number of piperidine rings is 1. The molecule has 1 saturated heterocycles. The summed E-state index contributed by atoms with van der Waals surface area (Å²) in [6.07, 6.45) is 9.85. The number of carbonyl (C=O) groups is 1. The molecule has 2 aromatic rings. The van der Waals surface area contributed by atoms with Crippen molar-refractivity contribution in [2.75, 3.05) is 13.1 Å². The van der Waals surface area contributed by atoms with Crippen LogP contribution in [-0.2, 0) is 11.3 Å². The van der Waals surface area contributed by atoms with Gasteiger partial charge in [-0.05, 0) is 42.7 Å². The van der Waals surface area contributed by atoms with Crippen LogP contribution in [0.3, 0.4) is 0 Å². The summed E-state index contributed by atoms with van der Waals surface area (Å²) in [6, 6.07) is 13.5. The second-order valence-electron chi connectivity index (χ2n) is 7.36. The molecule has 3 heterocycles. The van der Waals surface area contributed by atoms with Crippen LogP contribution < -0.4 is 0 Å². The maximum Gasteiger partial charge on any atom is 0.256 e. The van der Waals surface area contributed by atoms with Gasteiger partial charge in [-0.25, -0.2) is 0 Å². The van der Waals surface area contributed by atoms with Gasteiger partial charge in [-0.1, -0.05) is 35.5 Å². The number of rotatable bonds is 4. The number of allylic oxidation sites excluding steroid dienone is 3. The van der Waals surface area contributed by atoms with E-state index in [0.29, 0.717) is 43.6 Å². The van der Waals surface area contributed by atoms with Gasteiger partial charge in [0.1, 0.15) is 6.26 Å². The standard InChI is InChI=1S/C23H23N3O3/c27-22(20-7-4-12-24-21(20)19-8-13-25-29-16-9-19)26-14-10-23(28,11-15-26)17-18-5-2-1-3-6-18/h1-9,12-13,16,28H,10-11,14-15,17H2. The molecule has 148 valence electrons. The molecule has 6 heteroatoms. The van der Waals surface area contributed by atoms with E-state index in [1.165, 1.54) is 12.5 Å². The minimum absolute atomic E-state index is 0.0775. The van der Waals surface area contributed by atoms with E-state index in [1.807, 2.05) is 30.3 Å². The number of pyridine rings is 1. The average molecular weight is 389 g/mol. The molecule has 0 saturated carbocycles. The third-order valence-corrected chi connectivity index (χ3v) is 5.35. The van der Waals surface area contributed by atoms with Crippen molar-refractivity contribution < 1.29 is 14.7 Å². The summed E-state index contributed by atoms with van der Waals surface area (Å²) >= 11 is 0. The van der Waals surface area contributed by atoms with E-state index in [9.17, 15) is 9.90 Å². The molecule has 1 aromatic carbocycles.